The van der Waals surface area contributed by atoms with Gasteiger partial charge in [-0.25, -0.2) is 4.98 Å². The maximum absolute atomic E-state index is 13.0. The third-order valence-electron chi connectivity index (χ3n) is 3.23. The number of hydrogen-bond donors (Lipinski definition) is 0. The van der Waals surface area contributed by atoms with E-state index in [1.54, 1.807) is 0 Å². The molecule has 1 heterocycles. The van der Waals surface area contributed by atoms with Crippen LogP contribution in [0.3, 0.4) is 0 Å². The van der Waals surface area contributed by atoms with Crippen molar-refractivity contribution >= 4 is 5.69 Å². The summed E-state index contributed by atoms with van der Waals surface area (Å²) in [6, 6.07) is 3.85. The quantitative estimate of drug-likeness (QED) is 0.766. The number of alkyl halides is 6. The summed E-state index contributed by atoms with van der Waals surface area (Å²) in [7, 11) is 0. The number of halogens is 6. The van der Waals surface area contributed by atoms with E-state index in [0.29, 0.717) is 6.07 Å². The number of hydrogen-bond acceptors (Lipinski definition) is 4. The molecule has 0 atom stereocenters. The van der Waals surface area contributed by atoms with E-state index < -0.39 is 30.0 Å². The van der Waals surface area contributed by atoms with Gasteiger partial charge < -0.3 is 4.90 Å². The molecule has 0 aliphatic heterocycles. The van der Waals surface area contributed by atoms with E-state index >= 15 is 0 Å². The lowest BCUT2D eigenvalue weighted by molar-refractivity contribution is -0.137. The molecule has 0 spiro atoms. The van der Waals surface area contributed by atoms with Crippen LogP contribution >= 0.6 is 0 Å². The average molecular weight is 363 g/mol. The van der Waals surface area contributed by atoms with E-state index in [1.807, 2.05) is 0 Å². The van der Waals surface area contributed by atoms with Gasteiger partial charge in [-0.2, -0.15) is 36.7 Å². The lowest BCUT2D eigenvalue weighted by Gasteiger charge is -2.26. The highest BCUT2D eigenvalue weighted by Crippen LogP contribution is 2.35. The van der Waals surface area contributed by atoms with E-state index in [9.17, 15) is 26.3 Å². The minimum atomic E-state index is -4.85. The number of nitriles is 1. The summed E-state index contributed by atoms with van der Waals surface area (Å²) in [5.74, 6) is 0. The predicted octanol–water partition coefficient (Wildman–Crippen LogP) is 3.24. The molecule has 2 rings (SSSR count). The first kappa shape index (κ1) is 18.6. The second-order valence-electron chi connectivity index (χ2n) is 5.03. The number of aromatic nitrogens is 3. The van der Waals surface area contributed by atoms with Crippen molar-refractivity contribution in [2.45, 2.75) is 18.9 Å². The van der Waals surface area contributed by atoms with Crippen LogP contribution in [0.15, 0.2) is 30.9 Å². The average Bonchev–Trinajstić information content (AvgIpc) is 3.02. The normalized spacial score (nSPS) is 12.0. The van der Waals surface area contributed by atoms with Gasteiger partial charge in [0.15, 0.2) is 0 Å². The molecule has 0 saturated carbocycles. The third kappa shape index (κ3) is 5.10. The van der Waals surface area contributed by atoms with Crippen LogP contribution < -0.4 is 4.90 Å². The molecular weight excluding hydrogens is 352 g/mol. The third-order valence-corrected chi connectivity index (χ3v) is 3.23. The van der Waals surface area contributed by atoms with Gasteiger partial charge in [0.25, 0.3) is 0 Å². The smallest absolute Gasteiger partial charge is 0.361 e. The van der Waals surface area contributed by atoms with Crippen LogP contribution in [-0.4, -0.2) is 34.0 Å². The predicted molar refractivity (Wildman–Crippen MR) is 74.4 cm³/mol. The molecule has 1 aromatic carbocycles. The van der Waals surface area contributed by atoms with Gasteiger partial charge in [-0.1, -0.05) is 0 Å². The maximum Gasteiger partial charge on any atom is 0.417 e. The highest BCUT2D eigenvalue weighted by molar-refractivity contribution is 5.55. The van der Waals surface area contributed by atoms with Crippen molar-refractivity contribution in [3.05, 3.63) is 42.0 Å². The van der Waals surface area contributed by atoms with Crippen molar-refractivity contribution in [3.63, 3.8) is 0 Å². The molecule has 0 bridgehead atoms. The summed E-state index contributed by atoms with van der Waals surface area (Å²) in [5, 5.41) is 12.5. The zero-order valence-corrected chi connectivity index (χ0v) is 12.5. The number of benzene rings is 1. The number of anilines is 1. The zero-order chi connectivity index (χ0) is 18.7. The molecule has 0 saturated heterocycles. The second kappa shape index (κ2) is 7.00. The fourth-order valence-electron chi connectivity index (χ4n) is 2.15. The van der Waals surface area contributed by atoms with E-state index in [0.717, 1.165) is 17.0 Å². The zero-order valence-electron chi connectivity index (χ0n) is 12.5. The van der Waals surface area contributed by atoms with Crippen LogP contribution in [0.4, 0.5) is 32.0 Å². The van der Waals surface area contributed by atoms with E-state index in [4.69, 9.17) is 5.26 Å². The van der Waals surface area contributed by atoms with Crippen molar-refractivity contribution in [2.75, 3.05) is 18.0 Å². The Morgan fingerprint density at radius 2 is 1.88 bits per heavy atom. The Labute approximate surface area is 138 Å². The van der Waals surface area contributed by atoms with Gasteiger partial charge in [0.05, 0.1) is 23.7 Å². The minimum absolute atomic E-state index is 0.00255. The van der Waals surface area contributed by atoms with Crippen molar-refractivity contribution in [1.82, 2.24) is 14.8 Å². The molecule has 0 radical (unpaired) electrons. The van der Waals surface area contributed by atoms with Crippen LogP contribution in [0, 0.1) is 11.3 Å². The molecule has 25 heavy (non-hydrogen) atoms. The fraction of sp³-hybridized carbons (Fsp3) is 0.357. The SMILES string of the molecule is N#Cc1ccc(N(CCn2cncn2)CC(F)(F)F)cc1C(F)(F)F. The minimum Gasteiger partial charge on any atom is -0.361 e. The lowest BCUT2D eigenvalue weighted by atomic mass is 10.1. The Morgan fingerprint density at radius 3 is 2.40 bits per heavy atom. The van der Waals surface area contributed by atoms with Crippen LogP contribution in [0.5, 0.6) is 0 Å². The molecule has 0 N–H and O–H groups in total. The molecule has 1 aromatic heterocycles. The van der Waals surface area contributed by atoms with Crippen LogP contribution in [0.2, 0.25) is 0 Å². The summed E-state index contributed by atoms with van der Waals surface area (Å²) < 4.78 is 78.7. The maximum atomic E-state index is 13.0. The first-order valence-corrected chi connectivity index (χ1v) is 6.85. The molecule has 0 fully saturated rings. The monoisotopic (exact) mass is 363 g/mol. The first-order chi connectivity index (χ1) is 11.6. The summed E-state index contributed by atoms with van der Waals surface area (Å²) in [6.07, 6.45) is -6.99. The molecule has 0 aliphatic carbocycles. The van der Waals surface area contributed by atoms with E-state index in [2.05, 4.69) is 10.1 Å². The molecule has 0 aliphatic rings. The van der Waals surface area contributed by atoms with Gasteiger partial charge in [0, 0.05) is 12.2 Å². The van der Waals surface area contributed by atoms with Crippen LogP contribution in [0.25, 0.3) is 0 Å². The molecule has 0 unspecified atom stereocenters. The molecular formula is C14H11F6N5. The van der Waals surface area contributed by atoms with Gasteiger partial charge in [0.1, 0.15) is 19.2 Å². The van der Waals surface area contributed by atoms with Crippen molar-refractivity contribution in [1.29, 1.82) is 5.26 Å². The Kier molecular flexibility index (Phi) is 5.20. The van der Waals surface area contributed by atoms with Crippen LogP contribution in [0.1, 0.15) is 11.1 Å². The van der Waals surface area contributed by atoms with Gasteiger partial charge >= 0.3 is 12.4 Å². The molecule has 11 heteroatoms. The van der Waals surface area contributed by atoms with E-state index in [1.165, 1.54) is 23.4 Å². The van der Waals surface area contributed by atoms with Crippen molar-refractivity contribution < 1.29 is 26.3 Å². The molecule has 134 valence electrons. The summed E-state index contributed by atoms with van der Waals surface area (Å²) >= 11 is 0. The highest BCUT2D eigenvalue weighted by atomic mass is 19.4. The fourth-order valence-corrected chi connectivity index (χ4v) is 2.15. The molecule has 2 aromatic rings. The van der Waals surface area contributed by atoms with Crippen LogP contribution in [-0.2, 0) is 12.7 Å². The van der Waals surface area contributed by atoms with Gasteiger partial charge in [-0.05, 0) is 18.2 Å². The second-order valence-corrected chi connectivity index (χ2v) is 5.03. The van der Waals surface area contributed by atoms with Gasteiger partial charge in [-0.3, -0.25) is 4.68 Å². The van der Waals surface area contributed by atoms with Crippen molar-refractivity contribution in [2.24, 2.45) is 0 Å². The Bertz CT molecular complexity index is 745. The standard InChI is InChI=1S/C14H11F6N5/c15-13(16,17)7-24(3-4-25-9-22-8-23-25)11-2-1-10(6-21)12(5-11)14(18,19)20/h1-2,5,8-9H,3-4,7H2. The highest BCUT2D eigenvalue weighted by Gasteiger charge is 2.36. The van der Waals surface area contributed by atoms with Gasteiger partial charge in [-0.15, -0.1) is 0 Å². The Balaban J connectivity index is 2.34. The summed E-state index contributed by atoms with van der Waals surface area (Å²) in [6.45, 7) is -1.69. The topological polar surface area (TPSA) is 57.7 Å². The Morgan fingerprint density at radius 1 is 1.16 bits per heavy atom. The summed E-state index contributed by atoms with van der Waals surface area (Å²) in [5.41, 5.74) is -2.22. The largest absolute Gasteiger partial charge is 0.417 e. The van der Waals surface area contributed by atoms with E-state index in [-0.39, 0.29) is 18.8 Å². The molecule has 5 nitrogen and oxygen atoms in total. The lowest BCUT2D eigenvalue weighted by Crippen LogP contribution is -2.36. The first-order valence-electron chi connectivity index (χ1n) is 6.85. The number of rotatable bonds is 5. The summed E-state index contributed by atoms with van der Waals surface area (Å²) in [4.78, 5) is 4.39. The van der Waals surface area contributed by atoms with Crippen molar-refractivity contribution in [3.8, 4) is 6.07 Å². The number of nitrogens with zero attached hydrogens (tertiary/aromatic N) is 5. The van der Waals surface area contributed by atoms with Gasteiger partial charge in [0.2, 0.25) is 0 Å². The molecule has 0 amide bonds. The Hall–Kier alpha value is -2.77.